The van der Waals surface area contributed by atoms with Gasteiger partial charge in [-0.1, -0.05) is 0 Å². The van der Waals surface area contributed by atoms with Crippen LogP contribution in [0, 0.1) is 5.92 Å². The van der Waals surface area contributed by atoms with Crippen LogP contribution >= 0.6 is 0 Å². The normalized spacial score (nSPS) is 25.0. The largest absolute Gasteiger partial charge is 0.480 e. The number of hydrogen-bond donors (Lipinski definition) is 2. The molecule has 2 aliphatic heterocycles. The van der Waals surface area contributed by atoms with Crippen molar-refractivity contribution in [1.82, 2.24) is 9.80 Å². The van der Waals surface area contributed by atoms with Crippen molar-refractivity contribution < 1.29 is 9.90 Å². The number of aliphatic carboxylic acids is 1. The second-order valence-corrected chi connectivity index (χ2v) is 7.12. The van der Waals surface area contributed by atoms with Crippen LogP contribution in [-0.4, -0.2) is 65.7 Å². The molecule has 3 N–H and O–H groups in total. The fourth-order valence-corrected chi connectivity index (χ4v) is 3.50. The monoisotopic (exact) mass is 297 g/mol. The van der Waals surface area contributed by atoms with Crippen LogP contribution in [0.2, 0.25) is 0 Å². The first-order chi connectivity index (χ1) is 9.97. The van der Waals surface area contributed by atoms with Gasteiger partial charge in [0.25, 0.3) is 0 Å². The van der Waals surface area contributed by atoms with Crippen LogP contribution in [0.1, 0.15) is 45.4 Å². The third-order valence-electron chi connectivity index (χ3n) is 5.08. The Bertz CT molecular complexity index is 332. The molecule has 0 amide bonds. The lowest BCUT2D eigenvalue weighted by atomic mass is 9.94. The fraction of sp³-hybridized carbons (Fsp3) is 0.938. The highest BCUT2D eigenvalue weighted by Gasteiger charge is 2.28. The van der Waals surface area contributed by atoms with Gasteiger partial charge in [-0.15, -0.1) is 0 Å². The van der Waals surface area contributed by atoms with E-state index in [1.54, 1.807) is 6.92 Å². The van der Waals surface area contributed by atoms with E-state index in [1.807, 2.05) is 0 Å². The molecule has 0 aliphatic carbocycles. The van der Waals surface area contributed by atoms with Gasteiger partial charge < -0.3 is 20.6 Å². The van der Waals surface area contributed by atoms with Crippen molar-refractivity contribution in [2.75, 3.05) is 39.3 Å². The maximum absolute atomic E-state index is 11.0. The summed E-state index contributed by atoms with van der Waals surface area (Å²) in [6, 6.07) is 0. The van der Waals surface area contributed by atoms with Crippen molar-refractivity contribution in [2.24, 2.45) is 11.7 Å². The van der Waals surface area contributed by atoms with Crippen LogP contribution in [0.15, 0.2) is 0 Å². The molecule has 5 nitrogen and oxygen atoms in total. The molecule has 0 aromatic heterocycles. The van der Waals surface area contributed by atoms with Crippen molar-refractivity contribution in [3.05, 3.63) is 0 Å². The van der Waals surface area contributed by atoms with E-state index in [0.717, 1.165) is 32.0 Å². The average Bonchev–Trinajstić information content (AvgIpc) is 2.93. The number of nitrogens with two attached hydrogens (primary N) is 1. The van der Waals surface area contributed by atoms with E-state index in [0.29, 0.717) is 6.42 Å². The van der Waals surface area contributed by atoms with Crippen molar-refractivity contribution >= 4 is 5.97 Å². The van der Waals surface area contributed by atoms with E-state index in [-0.39, 0.29) is 0 Å². The predicted molar refractivity (Wildman–Crippen MR) is 84.3 cm³/mol. The Hall–Kier alpha value is -0.650. The molecule has 0 radical (unpaired) electrons. The Kier molecular flexibility index (Phi) is 6.02. The molecule has 0 bridgehead atoms. The van der Waals surface area contributed by atoms with Crippen molar-refractivity contribution in [1.29, 1.82) is 0 Å². The maximum atomic E-state index is 11.0. The average molecular weight is 297 g/mol. The Balaban J connectivity index is 1.59. The molecule has 122 valence electrons. The summed E-state index contributed by atoms with van der Waals surface area (Å²) in [6.45, 7) is 8.79. The number of carboxylic acids is 1. The number of carboxylic acid groups (broad SMARTS) is 1. The summed E-state index contributed by atoms with van der Waals surface area (Å²) in [7, 11) is 0. The maximum Gasteiger partial charge on any atom is 0.323 e. The summed E-state index contributed by atoms with van der Waals surface area (Å²) < 4.78 is 0. The zero-order valence-electron chi connectivity index (χ0n) is 13.4. The fourth-order valence-electron chi connectivity index (χ4n) is 3.50. The minimum absolute atomic E-state index is 0.552. The second kappa shape index (κ2) is 7.56. The van der Waals surface area contributed by atoms with E-state index >= 15 is 0 Å². The minimum atomic E-state index is -1.08. The highest BCUT2D eigenvalue weighted by Crippen LogP contribution is 2.21. The third kappa shape index (κ3) is 5.24. The van der Waals surface area contributed by atoms with Gasteiger partial charge in [-0.05, 0) is 84.1 Å². The number of hydrogen-bond acceptors (Lipinski definition) is 4. The van der Waals surface area contributed by atoms with Gasteiger partial charge in [-0.25, -0.2) is 0 Å². The Morgan fingerprint density at radius 2 is 1.81 bits per heavy atom. The number of piperidine rings is 1. The number of likely N-dealkylation sites (tertiary alicyclic amines) is 2. The van der Waals surface area contributed by atoms with Gasteiger partial charge in [0.15, 0.2) is 0 Å². The van der Waals surface area contributed by atoms with Crippen LogP contribution in [-0.2, 0) is 4.79 Å². The van der Waals surface area contributed by atoms with Gasteiger partial charge in [0.2, 0.25) is 0 Å². The number of carbonyl (C=O) groups is 1. The molecule has 2 heterocycles. The first kappa shape index (κ1) is 16.7. The molecule has 0 spiro atoms. The van der Waals surface area contributed by atoms with E-state index in [2.05, 4.69) is 9.80 Å². The van der Waals surface area contributed by atoms with E-state index in [9.17, 15) is 4.79 Å². The van der Waals surface area contributed by atoms with Crippen molar-refractivity contribution in [3.63, 3.8) is 0 Å². The van der Waals surface area contributed by atoms with Crippen LogP contribution in [0.25, 0.3) is 0 Å². The third-order valence-corrected chi connectivity index (χ3v) is 5.08. The highest BCUT2D eigenvalue weighted by molar-refractivity contribution is 5.77. The molecule has 0 aromatic carbocycles. The van der Waals surface area contributed by atoms with Gasteiger partial charge in [-0.2, -0.15) is 0 Å². The SMILES string of the molecule is CC(N)(CCCN1CCC(CN2CCCC2)CC1)C(=O)O. The van der Waals surface area contributed by atoms with Gasteiger partial charge in [0.1, 0.15) is 5.54 Å². The summed E-state index contributed by atoms with van der Waals surface area (Å²) in [4.78, 5) is 16.1. The first-order valence-corrected chi connectivity index (χ1v) is 8.44. The lowest BCUT2D eigenvalue weighted by molar-refractivity contribution is -0.142. The lowest BCUT2D eigenvalue weighted by Crippen LogP contribution is -2.45. The predicted octanol–water partition coefficient (Wildman–Crippen LogP) is 1.38. The Morgan fingerprint density at radius 1 is 1.19 bits per heavy atom. The smallest absolute Gasteiger partial charge is 0.323 e. The Morgan fingerprint density at radius 3 is 2.38 bits per heavy atom. The first-order valence-electron chi connectivity index (χ1n) is 8.44. The molecule has 2 rings (SSSR count). The van der Waals surface area contributed by atoms with Crippen LogP contribution in [0.4, 0.5) is 0 Å². The van der Waals surface area contributed by atoms with Crippen LogP contribution in [0.3, 0.4) is 0 Å². The standard InChI is InChI=1S/C16H31N3O2/c1-16(17,15(20)21)7-4-10-18-11-5-14(6-12-18)13-19-8-2-3-9-19/h14H,2-13,17H2,1H3,(H,20,21). The van der Waals surface area contributed by atoms with Crippen LogP contribution in [0.5, 0.6) is 0 Å². The summed E-state index contributed by atoms with van der Waals surface area (Å²) >= 11 is 0. The molecule has 1 unspecified atom stereocenters. The zero-order valence-corrected chi connectivity index (χ0v) is 13.4. The molecule has 2 saturated heterocycles. The summed E-state index contributed by atoms with van der Waals surface area (Å²) in [5.74, 6) is -0.0371. The topological polar surface area (TPSA) is 69.8 Å². The van der Waals surface area contributed by atoms with E-state index in [1.165, 1.54) is 45.3 Å². The molecular formula is C16H31N3O2. The van der Waals surface area contributed by atoms with Crippen molar-refractivity contribution in [3.8, 4) is 0 Å². The molecule has 1 atom stereocenters. The summed E-state index contributed by atoms with van der Waals surface area (Å²) in [5, 5.41) is 9.01. The zero-order chi connectivity index (χ0) is 15.3. The van der Waals surface area contributed by atoms with Crippen LogP contribution < -0.4 is 5.73 Å². The van der Waals surface area contributed by atoms with Gasteiger partial charge >= 0.3 is 5.97 Å². The minimum Gasteiger partial charge on any atom is -0.480 e. The number of nitrogens with zero attached hydrogens (tertiary/aromatic N) is 2. The molecule has 0 saturated carbocycles. The summed E-state index contributed by atoms with van der Waals surface area (Å²) in [5.41, 5.74) is 4.69. The Labute approximate surface area is 128 Å². The lowest BCUT2D eigenvalue weighted by Gasteiger charge is -2.34. The molecular weight excluding hydrogens is 266 g/mol. The van der Waals surface area contributed by atoms with E-state index in [4.69, 9.17) is 10.8 Å². The summed E-state index contributed by atoms with van der Waals surface area (Å²) in [6.07, 6.45) is 6.75. The van der Waals surface area contributed by atoms with Crippen molar-refractivity contribution in [2.45, 2.75) is 51.0 Å². The molecule has 5 heteroatoms. The number of rotatable bonds is 7. The van der Waals surface area contributed by atoms with Gasteiger partial charge in [-0.3, -0.25) is 4.79 Å². The van der Waals surface area contributed by atoms with E-state index < -0.39 is 11.5 Å². The quantitative estimate of drug-likeness (QED) is 0.743. The molecule has 2 fully saturated rings. The molecule has 21 heavy (non-hydrogen) atoms. The van der Waals surface area contributed by atoms with Gasteiger partial charge in [0, 0.05) is 6.54 Å². The second-order valence-electron chi connectivity index (χ2n) is 7.12. The highest BCUT2D eigenvalue weighted by atomic mass is 16.4. The van der Waals surface area contributed by atoms with Gasteiger partial charge in [0.05, 0.1) is 0 Å². The molecule has 2 aliphatic rings. The molecule has 0 aromatic rings.